The van der Waals surface area contributed by atoms with Crippen molar-refractivity contribution in [2.75, 3.05) is 31.1 Å². The summed E-state index contributed by atoms with van der Waals surface area (Å²) in [5, 5.41) is 12.8. The Labute approximate surface area is 162 Å². The second-order valence-corrected chi connectivity index (χ2v) is 8.49. The fraction of sp³-hybridized carbons (Fsp3) is 0.524. The summed E-state index contributed by atoms with van der Waals surface area (Å²) < 4.78 is 16.4. The number of rotatable bonds is 3. The van der Waals surface area contributed by atoms with Gasteiger partial charge in [-0.05, 0) is 74.2 Å². The summed E-state index contributed by atoms with van der Waals surface area (Å²) in [6.07, 6.45) is 4.24. The van der Waals surface area contributed by atoms with E-state index in [-0.39, 0.29) is 11.5 Å². The molecule has 2 aromatic heterocycles. The Bertz CT molecular complexity index is 1030. The number of hydrogen-bond donors (Lipinski definition) is 2. The minimum atomic E-state index is -1.26. The zero-order chi connectivity index (χ0) is 19.6. The quantitative estimate of drug-likeness (QED) is 0.849. The van der Waals surface area contributed by atoms with Gasteiger partial charge in [0.25, 0.3) is 5.56 Å². The topological polar surface area (TPSA) is 74.0 Å². The zero-order valence-corrected chi connectivity index (χ0v) is 15.9. The molecule has 2 aromatic rings. The van der Waals surface area contributed by atoms with E-state index in [4.69, 9.17) is 0 Å². The van der Waals surface area contributed by atoms with Crippen molar-refractivity contribution in [3.8, 4) is 0 Å². The number of pyridine rings is 2. The standard InChI is InChI=1S/C21H24FN3O3/c1-11-18-15(12-2-3-12)6-16(21(27)28)20(26)25(18)10-17(22)19(11)24-8-13-4-5-23-7-14(13)9-24/h6,10,12-14,23H,2-5,7-9H2,1H3,(H,27,28). The molecule has 0 bridgehead atoms. The summed E-state index contributed by atoms with van der Waals surface area (Å²) in [6.45, 7) is 5.47. The molecule has 1 aliphatic carbocycles. The van der Waals surface area contributed by atoms with E-state index in [1.165, 1.54) is 16.7 Å². The third kappa shape index (κ3) is 2.64. The first kappa shape index (κ1) is 17.7. The van der Waals surface area contributed by atoms with Gasteiger partial charge in [-0.15, -0.1) is 0 Å². The number of fused-ring (bicyclic) bond motifs is 2. The van der Waals surface area contributed by atoms with Crippen molar-refractivity contribution in [2.45, 2.75) is 32.1 Å². The molecule has 0 amide bonds. The van der Waals surface area contributed by atoms with Gasteiger partial charge in [0.15, 0.2) is 5.82 Å². The first-order chi connectivity index (χ1) is 13.5. The summed E-state index contributed by atoms with van der Waals surface area (Å²) >= 11 is 0. The van der Waals surface area contributed by atoms with Gasteiger partial charge in [0.05, 0.1) is 17.4 Å². The van der Waals surface area contributed by atoms with Crippen molar-refractivity contribution in [1.29, 1.82) is 0 Å². The van der Waals surface area contributed by atoms with Crippen LogP contribution >= 0.6 is 0 Å². The van der Waals surface area contributed by atoms with Crippen molar-refractivity contribution < 1.29 is 14.3 Å². The van der Waals surface area contributed by atoms with E-state index < -0.39 is 17.3 Å². The first-order valence-corrected chi connectivity index (χ1v) is 10.0. The molecule has 0 radical (unpaired) electrons. The molecule has 2 N–H and O–H groups in total. The van der Waals surface area contributed by atoms with Crippen LogP contribution in [0.3, 0.4) is 0 Å². The molecule has 4 heterocycles. The molecule has 2 atom stereocenters. The Hall–Kier alpha value is -2.41. The number of carbonyl (C=O) groups is 1. The average Bonchev–Trinajstić information content (AvgIpc) is 3.41. The Kier molecular flexibility index (Phi) is 3.98. The second-order valence-electron chi connectivity index (χ2n) is 8.49. The van der Waals surface area contributed by atoms with Crippen LogP contribution in [0.25, 0.3) is 5.52 Å². The van der Waals surface area contributed by atoms with Crippen LogP contribution in [0.1, 0.15) is 46.7 Å². The highest BCUT2D eigenvalue weighted by Crippen LogP contribution is 2.44. The van der Waals surface area contributed by atoms with Gasteiger partial charge < -0.3 is 15.3 Å². The predicted molar refractivity (Wildman–Crippen MR) is 104 cm³/mol. The lowest BCUT2D eigenvalue weighted by Crippen LogP contribution is -2.35. The van der Waals surface area contributed by atoms with Crippen molar-refractivity contribution in [3.63, 3.8) is 0 Å². The fourth-order valence-electron chi connectivity index (χ4n) is 5.14. The maximum Gasteiger partial charge on any atom is 0.341 e. The lowest BCUT2D eigenvalue weighted by Gasteiger charge is -2.24. The molecule has 2 saturated heterocycles. The van der Waals surface area contributed by atoms with Gasteiger partial charge in [-0.3, -0.25) is 9.20 Å². The maximum atomic E-state index is 15.2. The average molecular weight is 385 g/mol. The number of hydrogen-bond acceptors (Lipinski definition) is 4. The highest BCUT2D eigenvalue weighted by atomic mass is 19.1. The van der Waals surface area contributed by atoms with E-state index in [1.807, 2.05) is 6.92 Å². The number of nitrogens with one attached hydrogen (secondary N) is 1. The summed E-state index contributed by atoms with van der Waals surface area (Å²) in [4.78, 5) is 26.4. The minimum Gasteiger partial charge on any atom is -0.477 e. The Morgan fingerprint density at radius 2 is 2.00 bits per heavy atom. The van der Waals surface area contributed by atoms with Gasteiger partial charge in [-0.2, -0.15) is 0 Å². The van der Waals surface area contributed by atoms with E-state index >= 15 is 4.39 Å². The van der Waals surface area contributed by atoms with Crippen LogP contribution in [-0.4, -0.2) is 41.7 Å². The minimum absolute atomic E-state index is 0.246. The molecule has 7 heteroatoms. The number of halogens is 1. The highest BCUT2D eigenvalue weighted by Gasteiger charge is 2.37. The van der Waals surface area contributed by atoms with Gasteiger partial charge in [0, 0.05) is 13.1 Å². The number of carboxylic acids is 1. The summed E-state index contributed by atoms with van der Waals surface area (Å²) in [6, 6.07) is 1.51. The number of aromatic nitrogens is 1. The van der Waals surface area contributed by atoms with Gasteiger partial charge in [-0.1, -0.05) is 0 Å². The third-order valence-corrected chi connectivity index (χ3v) is 6.68. The molecule has 2 aliphatic heterocycles. The van der Waals surface area contributed by atoms with Crippen LogP contribution in [0.15, 0.2) is 17.1 Å². The van der Waals surface area contributed by atoms with Crippen LogP contribution in [-0.2, 0) is 0 Å². The predicted octanol–water partition coefficient (Wildman–Crippen LogP) is 2.37. The Morgan fingerprint density at radius 1 is 1.25 bits per heavy atom. The third-order valence-electron chi connectivity index (χ3n) is 6.68. The van der Waals surface area contributed by atoms with Crippen LogP contribution in [0, 0.1) is 24.6 Å². The van der Waals surface area contributed by atoms with Gasteiger partial charge in [0.1, 0.15) is 5.56 Å². The lowest BCUT2D eigenvalue weighted by molar-refractivity contribution is 0.0694. The van der Waals surface area contributed by atoms with Crippen LogP contribution in [0.4, 0.5) is 10.1 Å². The lowest BCUT2D eigenvalue weighted by atomic mass is 9.90. The molecule has 148 valence electrons. The van der Waals surface area contributed by atoms with E-state index in [0.717, 1.165) is 56.6 Å². The van der Waals surface area contributed by atoms with Crippen molar-refractivity contribution in [1.82, 2.24) is 9.72 Å². The fourth-order valence-corrected chi connectivity index (χ4v) is 5.14. The van der Waals surface area contributed by atoms with Gasteiger partial charge in [0.2, 0.25) is 0 Å². The van der Waals surface area contributed by atoms with Crippen molar-refractivity contribution in [3.05, 3.63) is 45.1 Å². The molecule has 2 unspecified atom stereocenters. The van der Waals surface area contributed by atoms with E-state index in [9.17, 15) is 14.7 Å². The smallest absolute Gasteiger partial charge is 0.341 e. The van der Waals surface area contributed by atoms with Gasteiger partial charge in [-0.25, -0.2) is 9.18 Å². The summed E-state index contributed by atoms with van der Waals surface area (Å²) in [5.74, 6) is -0.391. The molecule has 0 spiro atoms. The molecular formula is C21H24FN3O3. The van der Waals surface area contributed by atoms with Crippen LogP contribution < -0.4 is 15.8 Å². The molecule has 5 rings (SSSR count). The SMILES string of the molecule is Cc1c(N2CC3CCNCC3C2)c(F)cn2c(=O)c(C(=O)O)cc(C3CC3)c12. The number of anilines is 1. The normalized spacial score (nSPS) is 24.6. The molecule has 0 aromatic carbocycles. The number of piperidine rings is 1. The van der Waals surface area contributed by atoms with Crippen LogP contribution in [0.2, 0.25) is 0 Å². The first-order valence-electron chi connectivity index (χ1n) is 10.0. The highest BCUT2D eigenvalue weighted by molar-refractivity contribution is 5.89. The number of aromatic carboxylic acids is 1. The van der Waals surface area contributed by atoms with E-state index in [2.05, 4.69) is 10.2 Å². The Morgan fingerprint density at radius 3 is 2.68 bits per heavy atom. The molecule has 6 nitrogen and oxygen atoms in total. The number of nitrogens with zero attached hydrogens (tertiary/aromatic N) is 2. The zero-order valence-electron chi connectivity index (χ0n) is 15.9. The van der Waals surface area contributed by atoms with E-state index in [1.54, 1.807) is 0 Å². The Balaban J connectivity index is 1.70. The molecule has 1 saturated carbocycles. The van der Waals surface area contributed by atoms with Crippen molar-refractivity contribution in [2.24, 2.45) is 11.8 Å². The molecule has 3 fully saturated rings. The summed E-state index contributed by atoms with van der Waals surface area (Å²) in [5.41, 5.74) is 1.89. The monoisotopic (exact) mass is 385 g/mol. The second kappa shape index (κ2) is 6.30. The van der Waals surface area contributed by atoms with E-state index in [0.29, 0.717) is 23.0 Å². The summed E-state index contributed by atoms with van der Waals surface area (Å²) in [7, 11) is 0. The molecular weight excluding hydrogens is 361 g/mol. The van der Waals surface area contributed by atoms with Gasteiger partial charge >= 0.3 is 5.97 Å². The molecule has 3 aliphatic rings. The maximum absolute atomic E-state index is 15.2. The number of carboxylic acid groups (broad SMARTS) is 1. The van der Waals surface area contributed by atoms with Crippen LogP contribution in [0.5, 0.6) is 0 Å². The largest absolute Gasteiger partial charge is 0.477 e. The molecule has 28 heavy (non-hydrogen) atoms. The van der Waals surface area contributed by atoms with Crippen molar-refractivity contribution >= 4 is 17.2 Å². The number of aryl methyl sites for hydroxylation is 1.